The zero-order chi connectivity index (χ0) is 15.2. The Bertz CT molecular complexity index is 674. The van der Waals surface area contributed by atoms with Gasteiger partial charge in [0.1, 0.15) is 11.5 Å². The molecule has 0 aliphatic heterocycles. The normalized spacial score (nSPS) is 10.6. The lowest BCUT2D eigenvalue weighted by Crippen LogP contribution is -2.27. The third-order valence-corrected chi connectivity index (χ3v) is 2.95. The van der Waals surface area contributed by atoms with Gasteiger partial charge in [-0.15, -0.1) is 0 Å². The highest BCUT2D eigenvalue weighted by Gasteiger charge is 2.09. The van der Waals surface area contributed by atoms with Crippen LogP contribution in [-0.4, -0.2) is 32.6 Å². The number of hydrogen-bond acceptors (Lipinski definition) is 4. The molecule has 2 heterocycles. The lowest BCUT2D eigenvalue weighted by atomic mass is 10.2. The van der Waals surface area contributed by atoms with Gasteiger partial charge in [-0.2, -0.15) is 5.10 Å². The fraction of sp³-hybridized carbons (Fsp3) is 0.429. The van der Waals surface area contributed by atoms with Crippen LogP contribution in [0.15, 0.2) is 16.9 Å². The van der Waals surface area contributed by atoms with Crippen molar-refractivity contribution in [3.8, 4) is 0 Å². The van der Waals surface area contributed by atoms with E-state index >= 15 is 0 Å². The van der Waals surface area contributed by atoms with E-state index < -0.39 is 0 Å². The molecule has 1 amide bonds. The topological polar surface area (TPSA) is 104 Å². The highest BCUT2D eigenvalue weighted by atomic mass is 16.2. The monoisotopic (exact) mass is 289 g/mol. The second-order valence-electron chi connectivity index (χ2n) is 4.87. The molecular formula is C14H19N5O2. The van der Waals surface area contributed by atoms with Crippen molar-refractivity contribution < 1.29 is 4.79 Å². The van der Waals surface area contributed by atoms with Crippen molar-refractivity contribution in [2.45, 2.75) is 33.1 Å². The molecule has 21 heavy (non-hydrogen) atoms. The Balaban J connectivity index is 1.87. The summed E-state index contributed by atoms with van der Waals surface area (Å²) < 4.78 is 0. The van der Waals surface area contributed by atoms with Gasteiger partial charge in [0.2, 0.25) is 0 Å². The standard InChI is InChI=1S/C14H19N5O2/c1-3-4-10-8-11(19-18-10)14(21)15-6-5-12-16-9(2)7-13(20)17-12/h7-8H,3-6H2,1-2H3,(H,15,21)(H,18,19)(H,16,17,20). The highest BCUT2D eigenvalue weighted by Crippen LogP contribution is 2.02. The summed E-state index contributed by atoms with van der Waals surface area (Å²) in [5, 5.41) is 9.58. The van der Waals surface area contributed by atoms with Gasteiger partial charge in [-0.25, -0.2) is 4.98 Å². The van der Waals surface area contributed by atoms with Crippen molar-refractivity contribution in [2.75, 3.05) is 6.54 Å². The number of aryl methyl sites for hydroxylation is 2. The zero-order valence-corrected chi connectivity index (χ0v) is 12.2. The maximum Gasteiger partial charge on any atom is 0.271 e. The summed E-state index contributed by atoms with van der Waals surface area (Å²) in [4.78, 5) is 30.0. The third kappa shape index (κ3) is 4.27. The molecule has 7 heteroatoms. The van der Waals surface area contributed by atoms with Crippen LogP contribution in [0.4, 0.5) is 0 Å². The Morgan fingerprint density at radius 1 is 1.33 bits per heavy atom. The van der Waals surface area contributed by atoms with Crippen LogP contribution in [0.25, 0.3) is 0 Å². The van der Waals surface area contributed by atoms with Crippen molar-refractivity contribution in [2.24, 2.45) is 0 Å². The predicted molar refractivity (Wildman–Crippen MR) is 78.2 cm³/mol. The van der Waals surface area contributed by atoms with Crippen molar-refractivity contribution in [1.29, 1.82) is 0 Å². The van der Waals surface area contributed by atoms with Crippen LogP contribution in [-0.2, 0) is 12.8 Å². The van der Waals surface area contributed by atoms with Gasteiger partial charge in [0, 0.05) is 30.4 Å². The molecule has 0 spiro atoms. The molecule has 2 aromatic rings. The van der Waals surface area contributed by atoms with E-state index in [-0.39, 0.29) is 11.5 Å². The molecule has 3 N–H and O–H groups in total. The quantitative estimate of drug-likeness (QED) is 0.729. The van der Waals surface area contributed by atoms with Gasteiger partial charge in [0.25, 0.3) is 11.5 Å². The number of carbonyl (C=O) groups excluding carboxylic acids is 1. The number of rotatable bonds is 6. The first-order chi connectivity index (χ1) is 10.1. The molecule has 7 nitrogen and oxygen atoms in total. The number of nitrogens with zero attached hydrogens (tertiary/aromatic N) is 2. The summed E-state index contributed by atoms with van der Waals surface area (Å²) in [7, 11) is 0. The summed E-state index contributed by atoms with van der Waals surface area (Å²) in [6.45, 7) is 4.22. The van der Waals surface area contributed by atoms with Crippen LogP contribution in [0.5, 0.6) is 0 Å². The molecule has 2 rings (SSSR count). The number of nitrogens with one attached hydrogen (secondary N) is 3. The fourth-order valence-corrected chi connectivity index (χ4v) is 2.02. The van der Waals surface area contributed by atoms with E-state index in [9.17, 15) is 9.59 Å². The number of H-pyrrole nitrogens is 2. The van der Waals surface area contributed by atoms with Crippen molar-refractivity contribution in [3.05, 3.63) is 45.4 Å². The molecule has 0 bridgehead atoms. The average molecular weight is 289 g/mol. The largest absolute Gasteiger partial charge is 0.350 e. The van der Waals surface area contributed by atoms with Gasteiger partial charge >= 0.3 is 0 Å². The third-order valence-electron chi connectivity index (χ3n) is 2.95. The summed E-state index contributed by atoms with van der Waals surface area (Å²) in [5.41, 5.74) is 1.81. The summed E-state index contributed by atoms with van der Waals surface area (Å²) in [5.74, 6) is 0.331. The van der Waals surface area contributed by atoms with E-state index in [0.29, 0.717) is 30.2 Å². The minimum absolute atomic E-state index is 0.180. The van der Waals surface area contributed by atoms with E-state index in [1.807, 2.05) is 0 Å². The van der Waals surface area contributed by atoms with Crippen LogP contribution in [0.3, 0.4) is 0 Å². The molecule has 2 aromatic heterocycles. The zero-order valence-electron chi connectivity index (χ0n) is 12.2. The van der Waals surface area contributed by atoms with Crippen molar-refractivity contribution in [1.82, 2.24) is 25.5 Å². The molecule has 0 fully saturated rings. The number of amides is 1. The van der Waals surface area contributed by atoms with E-state index in [1.165, 1.54) is 6.07 Å². The Morgan fingerprint density at radius 3 is 2.86 bits per heavy atom. The van der Waals surface area contributed by atoms with Crippen LogP contribution in [0.1, 0.15) is 41.0 Å². The minimum Gasteiger partial charge on any atom is -0.350 e. The van der Waals surface area contributed by atoms with Crippen LogP contribution in [0, 0.1) is 6.92 Å². The van der Waals surface area contributed by atoms with E-state index in [4.69, 9.17) is 0 Å². The Hall–Kier alpha value is -2.44. The SMILES string of the molecule is CCCc1cc(C(=O)NCCc2nc(C)cc(=O)[nH]2)n[nH]1. The highest BCUT2D eigenvalue weighted by molar-refractivity contribution is 5.92. The summed E-state index contributed by atoms with van der Waals surface area (Å²) >= 11 is 0. The summed E-state index contributed by atoms with van der Waals surface area (Å²) in [6.07, 6.45) is 2.33. The molecule has 0 aliphatic rings. The molecule has 0 aliphatic carbocycles. The fourth-order valence-electron chi connectivity index (χ4n) is 2.02. The van der Waals surface area contributed by atoms with E-state index in [0.717, 1.165) is 18.5 Å². The first-order valence-corrected chi connectivity index (χ1v) is 6.98. The van der Waals surface area contributed by atoms with E-state index in [1.54, 1.807) is 13.0 Å². The first-order valence-electron chi connectivity index (χ1n) is 6.98. The predicted octanol–water partition coefficient (Wildman–Crippen LogP) is 0.726. The number of hydrogen-bond donors (Lipinski definition) is 3. The van der Waals surface area contributed by atoms with Gasteiger partial charge in [0.05, 0.1) is 0 Å². The van der Waals surface area contributed by atoms with Crippen molar-refractivity contribution in [3.63, 3.8) is 0 Å². The van der Waals surface area contributed by atoms with Gasteiger partial charge in [0.15, 0.2) is 0 Å². The second-order valence-corrected chi connectivity index (χ2v) is 4.87. The van der Waals surface area contributed by atoms with Crippen molar-refractivity contribution >= 4 is 5.91 Å². The average Bonchev–Trinajstić information content (AvgIpc) is 2.86. The van der Waals surface area contributed by atoms with Crippen LogP contribution in [0.2, 0.25) is 0 Å². The molecule has 0 saturated carbocycles. The van der Waals surface area contributed by atoms with Gasteiger partial charge in [-0.05, 0) is 19.4 Å². The summed E-state index contributed by atoms with van der Waals surface area (Å²) in [6, 6.07) is 3.19. The number of aromatic nitrogens is 4. The van der Waals surface area contributed by atoms with Gasteiger partial charge in [-0.1, -0.05) is 13.3 Å². The van der Waals surface area contributed by atoms with Gasteiger partial charge < -0.3 is 10.3 Å². The smallest absolute Gasteiger partial charge is 0.271 e. The minimum atomic E-state index is -0.233. The Morgan fingerprint density at radius 2 is 2.14 bits per heavy atom. The molecular weight excluding hydrogens is 270 g/mol. The Kier molecular flexibility index (Phi) is 4.86. The molecule has 0 atom stereocenters. The maximum absolute atomic E-state index is 11.9. The number of aromatic amines is 2. The first kappa shape index (κ1) is 15.0. The number of carbonyl (C=O) groups is 1. The Labute approximate surface area is 122 Å². The lowest BCUT2D eigenvalue weighted by molar-refractivity contribution is 0.0949. The van der Waals surface area contributed by atoms with Crippen LogP contribution < -0.4 is 10.9 Å². The van der Waals surface area contributed by atoms with E-state index in [2.05, 4.69) is 32.4 Å². The molecule has 0 radical (unpaired) electrons. The molecule has 0 unspecified atom stereocenters. The van der Waals surface area contributed by atoms with Gasteiger partial charge in [-0.3, -0.25) is 14.7 Å². The van der Waals surface area contributed by atoms with Crippen LogP contribution >= 0.6 is 0 Å². The maximum atomic E-state index is 11.9. The second kappa shape index (κ2) is 6.83. The molecule has 0 aromatic carbocycles. The molecule has 112 valence electrons. The lowest BCUT2D eigenvalue weighted by Gasteiger charge is -2.03. The molecule has 0 saturated heterocycles.